The monoisotopic (exact) mass is 318 g/mol. The smallest absolute Gasteiger partial charge is 0.282 e. The number of aromatic nitrogens is 4. The van der Waals surface area contributed by atoms with Gasteiger partial charge in [0.15, 0.2) is 11.5 Å². The van der Waals surface area contributed by atoms with E-state index in [1.165, 1.54) is 0 Å². The van der Waals surface area contributed by atoms with Crippen LogP contribution in [-0.2, 0) is 6.42 Å². The van der Waals surface area contributed by atoms with Gasteiger partial charge in [0.1, 0.15) is 5.82 Å². The lowest BCUT2D eigenvalue weighted by Crippen LogP contribution is -2.00. The van der Waals surface area contributed by atoms with Crippen molar-refractivity contribution >= 4 is 11.6 Å². The summed E-state index contributed by atoms with van der Waals surface area (Å²) < 4.78 is 12.6. The second kappa shape index (κ2) is 5.81. The fourth-order valence-electron chi connectivity index (χ4n) is 2.25. The van der Waals surface area contributed by atoms with E-state index in [9.17, 15) is 0 Å². The highest BCUT2D eigenvalue weighted by molar-refractivity contribution is 6.30. The highest BCUT2D eigenvalue weighted by Gasteiger charge is 2.23. The molecule has 0 saturated heterocycles. The molecule has 3 rings (SSSR count). The van der Waals surface area contributed by atoms with Crippen LogP contribution in [0.5, 0.6) is 5.88 Å². The number of benzene rings is 1. The van der Waals surface area contributed by atoms with E-state index in [0.29, 0.717) is 34.7 Å². The summed E-state index contributed by atoms with van der Waals surface area (Å²) in [7, 11) is 1.58. The van der Waals surface area contributed by atoms with Gasteiger partial charge in [0.05, 0.1) is 12.8 Å². The molecule has 0 aliphatic heterocycles. The van der Waals surface area contributed by atoms with Crippen LogP contribution in [0.15, 0.2) is 28.8 Å². The van der Waals surface area contributed by atoms with Gasteiger partial charge >= 0.3 is 0 Å². The van der Waals surface area contributed by atoms with Crippen molar-refractivity contribution in [2.24, 2.45) is 0 Å². The molecule has 3 aromatic rings. The first kappa shape index (κ1) is 14.6. The third-order valence-corrected chi connectivity index (χ3v) is 3.48. The molecule has 0 atom stereocenters. The molecule has 0 radical (unpaired) electrons. The zero-order valence-electron chi connectivity index (χ0n) is 12.5. The Hall–Kier alpha value is -2.34. The molecule has 0 fully saturated rings. The molecule has 0 bridgehead atoms. The Balaban J connectivity index is 2.16. The molecule has 0 N–H and O–H groups in total. The van der Waals surface area contributed by atoms with Gasteiger partial charge in [-0.25, -0.2) is 4.98 Å². The van der Waals surface area contributed by atoms with Crippen LogP contribution in [0.1, 0.15) is 18.6 Å². The first-order valence-electron chi connectivity index (χ1n) is 6.86. The van der Waals surface area contributed by atoms with E-state index >= 15 is 0 Å². The van der Waals surface area contributed by atoms with Crippen molar-refractivity contribution in [1.82, 2.24) is 19.7 Å². The van der Waals surface area contributed by atoms with Crippen LogP contribution in [0.25, 0.3) is 17.3 Å². The Bertz CT molecular complexity index is 810. The van der Waals surface area contributed by atoms with Crippen LogP contribution in [0.2, 0.25) is 5.02 Å². The minimum Gasteiger partial charge on any atom is -0.480 e. The molecule has 2 aromatic heterocycles. The molecule has 0 spiro atoms. The van der Waals surface area contributed by atoms with Crippen molar-refractivity contribution in [2.75, 3.05) is 7.11 Å². The van der Waals surface area contributed by atoms with Crippen LogP contribution in [0.3, 0.4) is 0 Å². The normalized spacial score (nSPS) is 10.9. The van der Waals surface area contributed by atoms with Gasteiger partial charge in [-0.2, -0.15) is 4.98 Å². The molecule has 0 saturated carbocycles. The summed E-state index contributed by atoms with van der Waals surface area (Å²) in [6, 6.07) is 7.46. The summed E-state index contributed by atoms with van der Waals surface area (Å²) in [5.41, 5.74) is 1.38. The van der Waals surface area contributed by atoms with E-state index in [1.54, 1.807) is 7.11 Å². The minimum atomic E-state index is 0.345. The first-order chi connectivity index (χ1) is 10.6. The highest BCUT2D eigenvalue weighted by atomic mass is 35.5. The van der Waals surface area contributed by atoms with Crippen molar-refractivity contribution < 1.29 is 9.26 Å². The number of hydrogen-bond acceptors (Lipinski definition) is 5. The standard InChI is InChI=1S/C15H15ClN4O2/c1-4-12-18-14(22-19-12)13-15(21-3)20(9(2)17-13)11-7-5-6-10(16)8-11/h5-8H,4H2,1-3H3. The quantitative estimate of drug-likeness (QED) is 0.737. The molecule has 0 aliphatic carbocycles. The maximum Gasteiger partial charge on any atom is 0.282 e. The average molecular weight is 319 g/mol. The van der Waals surface area contributed by atoms with Crippen molar-refractivity contribution in [3.05, 3.63) is 40.9 Å². The molecule has 22 heavy (non-hydrogen) atoms. The minimum absolute atomic E-state index is 0.345. The molecule has 2 heterocycles. The van der Waals surface area contributed by atoms with Gasteiger partial charge in [0.2, 0.25) is 5.88 Å². The third kappa shape index (κ3) is 2.46. The second-order valence-electron chi connectivity index (χ2n) is 4.70. The van der Waals surface area contributed by atoms with Crippen molar-refractivity contribution in [3.8, 4) is 23.2 Å². The maximum atomic E-state index is 6.07. The molecule has 0 unspecified atom stereocenters. The van der Waals surface area contributed by atoms with Gasteiger partial charge in [-0.05, 0) is 25.1 Å². The molecule has 114 valence electrons. The summed E-state index contributed by atoms with van der Waals surface area (Å²) in [5, 5.41) is 4.54. The molecule has 7 heteroatoms. The zero-order chi connectivity index (χ0) is 15.7. The van der Waals surface area contributed by atoms with Crippen LogP contribution >= 0.6 is 11.6 Å². The van der Waals surface area contributed by atoms with Gasteiger partial charge in [0, 0.05) is 11.4 Å². The predicted molar refractivity (Wildman–Crippen MR) is 82.5 cm³/mol. The number of nitrogens with zero attached hydrogens (tertiary/aromatic N) is 4. The Morgan fingerprint density at radius 1 is 1.32 bits per heavy atom. The molecule has 6 nitrogen and oxygen atoms in total. The Labute approximate surface area is 132 Å². The lowest BCUT2D eigenvalue weighted by Gasteiger charge is -2.09. The van der Waals surface area contributed by atoms with Gasteiger partial charge < -0.3 is 9.26 Å². The second-order valence-corrected chi connectivity index (χ2v) is 5.14. The molecule has 0 aliphatic rings. The number of ether oxygens (including phenoxy) is 1. The molecular weight excluding hydrogens is 304 g/mol. The van der Waals surface area contributed by atoms with Gasteiger partial charge in [0.25, 0.3) is 5.89 Å². The average Bonchev–Trinajstić information content (AvgIpc) is 3.10. The van der Waals surface area contributed by atoms with Gasteiger partial charge in [-0.1, -0.05) is 29.7 Å². The van der Waals surface area contributed by atoms with E-state index in [0.717, 1.165) is 11.5 Å². The van der Waals surface area contributed by atoms with E-state index in [2.05, 4.69) is 15.1 Å². The van der Waals surface area contributed by atoms with E-state index in [4.69, 9.17) is 20.9 Å². The summed E-state index contributed by atoms with van der Waals surface area (Å²) in [6.07, 6.45) is 0.694. The topological polar surface area (TPSA) is 66.0 Å². The van der Waals surface area contributed by atoms with E-state index in [1.807, 2.05) is 42.7 Å². The maximum absolute atomic E-state index is 6.07. The SMILES string of the molecule is CCc1noc(-c2nc(C)n(-c3cccc(Cl)c3)c2OC)n1. The summed E-state index contributed by atoms with van der Waals surface area (Å²) in [6.45, 7) is 3.84. The first-order valence-corrected chi connectivity index (χ1v) is 7.24. The van der Waals surface area contributed by atoms with Crippen LogP contribution < -0.4 is 4.74 Å². The summed E-state index contributed by atoms with van der Waals surface area (Å²) in [5.74, 6) is 2.25. The molecule has 0 amide bonds. The summed E-state index contributed by atoms with van der Waals surface area (Å²) in [4.78, 5) is 8.82. The fourth-order valence-corrected chi connectivity index (χ4v) is 2.44. The highest BCUT2D eigenvalue weighted by Crippen LogP contribution is 2.32. The molecular formula is C15H15ClN4O2. The molecule has 1 aromatic carbocycles. The number of halogens is 1. The Morgan fingerprint density at radius 2 is 2.14 bits per heavy atom. The van der Waals surface area contributed by atoms with Crippen LogP contribution in [0.4, 0.5) is 0 Å². The predicted octanol–water partition coefficient (Wildman–Crippen LogP) is 3.46. The third-order valence-electron chi connectivity index (χ3n) is 3.25. The number of methoxy groups -OCH3 is 1. The fraction of sp³-hybridized carbons (Fsp3) is 0.267. The largest absolute Gasteiger partial charge is 0.480 e. The number of aryl methyl sites for hydroxylation is 2. The Morgan fingerprint density at radius 3 is 2.77 bits per heavy atom. The number of imidazole rings is 1. The van der Waals surface area contributed by atoms with Crippen molar-refractivity contribution in [1.29, 1.82) is 0 Å². The van der Waals surface area contributed by atoms with Gasteiger partial charge in [-0.15, -0.1) is 0 Å². The number of rotatable bonds is 4. The van der Waals surface area contributed by atoms with Gasteiger partial charge in [-0.3, -0.25) is 4.57 Å². The van der Waals surface area contributed by atoms with Crippen LogP contribution in [-0.4, -0.2) is 26.8 Å². The van der Waals surface area contributed by atoms with E-state index in [-0.39, 0.29) is 0 Å². The summed E-state index contributed by atoms with van der Waals surface area (Å²) >= 11 is 6.07. The van der Waals surface area contributed by atoms with Crippen molar-refractivity contribution in [2.45, 2.75) is 20.3 Å². The van der Waals surface area contributed by atoms with Crippen molar-refractivity contribution in [3.63, 3.8) is 0 Å². The lowest BCUT2D eigenvalue weighted by atomic mass is 10.3. The number of hydrogen-bond donors (Lipinski definition) is 0. The lowest BCUT2D eigenvalue weighted by molar-refractivity contribution is 0.383. The van der Waals surface area contributed by atoms with E-state index < -0.39 is 0 Å². The Kier molecular flexibility index (Phi) is 3.85. The zero-order valence-corrected chi connectivity index (χ0v) is 13.3. The van der Waals surface area contributed by atoms with Crippen LogP contribution in [0, 0.1) is 6.92 Å².